The monoisotopic (exact) mass is 235 g/mol. The molecule has 0 aliphatic rings. The number of fused-ring (bicyclic) bond motifs is 1. The Morgan fingerprint density at radius 1 is 0.889 bits per heavy atom. The quantitative estimate of drug-likeness (QED) is 0.757. The molecule has 3 aromatic rings. The van der Waals surface area contributed by atoms with E-state index in [-0.39, 0.29) is 0 Å². The van der Waals surface area contributed by atoms with Crippen LogP contribution in [-0.2, 0) is 6.54 Å². The number of pyridine rings is 2. The lowest BCUT2D eigenvalue weighted by molar-refractivity contribution is 1.13. The molecule has 0 radical (unpaired) electrons. The molecule has 18 heavy (non-hydrogen) atoms. The van der Waals surface area contributed by atoms with Crippen LogP contribution in [0.4, 0.5) is 5.69 Å². The number of nitrogens with one attached hydrogen (secondary N) is 1. The Balaban J connectivity index is 1.87. The van der Waals surface area contributed by atoms with Gasteiger partial charge in [0.25, 0.3) is 0 Å². The molecule has 88 valence electrons. The van der Waals surface area contributed by atoms with E-state index in [4.69, 9.17) is 0 Å². The van der Waals surface area contributed by atoms with Crippen LogP contribution in [0.5, 0.6) is 0 Å². The van der Waals surface area contributed by atoms with Gasteiger partial charge in [0, 0.05) is 42.4 Å². The molecule has 2 aromatic heterocycles. The first-order chi connectivity index (χ1) is 8.93. The minimum atomic E-state index is 0.788. The number of rotatable bonds is 3. The second kappa shape index (κ2) is 4.84. The molecule has 3 heteroatoms. The van der Waals surface area contributed by atoms with Crippen molar-refractivity contribution in [1.82, 2.24) is 9.97 Å². The predicted octanol–water partition coefficient (Wildman–Crippen LogP) is 3.24. The Morgan fingerprint density at radius 2 is 1.72 bits per heavy atom. The van der Waals surface area contributed by atoms with Gasteiger partial charge in [-0.1, -0.05) is 12.1 Å². The zero-order chi connectivity index (χ0) is 12.2. The third-order valence-electron chi connectivity index (χ3n) is 2.92. The van der Waals surface area contributed by atoms with Crippen LogP contribution in [0.3, 0.4) is 0 Å². The fraction of sp³-hybridized carbons (Fsp3) is 0.0667. The topological polar surface area (TPSA) is 37.8 Å². The number of hydrogen-bond donors (Lipinski definition) is 1. The molecule has 0 aliphatic carbocycles. The van der Waals surface area contributed by atoms with E-state index >= 15 is 0 Å². The third-order valence-corrected chi connectivity index (χ3v) is 2.92. The van der Waals surface area contributed by atoms with Crippen LogP contribution in [0.15, 0.2) is 61.2 Å². The standard InChI is InChI=1S/C15H13N3/c1-2-13-6-9-17-11-14(13)15(3-1)18-10-12-4-7-16-8-5-12/h1-9,11,18H,10H2. The van der Waals surface area contributed by atoms with Gasteiger partial charge in [0.2, 0.25) is 0 Å². The zero-order valence-electron chi connectivity index (χ0n) is 9.88. The molecule has 0 atom stereocenters. The average molecular weight is 235 g/mol. The summed E-state index contributed by atoms with van der Waals surface area (Å²) in [6.45, 7) is 0.788. The van der Waals surface area contributed by atoms with Gasteiger partial charge >= 0.3 is 0 Å². The van der Waals surface area contributed by atoms with Gasteiger partial charge in [0.15, 0.2) is 0 Å². The van der Waals surface area contributed by atoms with E-state index in [0.717, 1.165) is 17.6 Å². The summed E-state index contributed by atoms with van der Waals surface area (Å²) >= 11 is 0. The van der Waals surface area contributed by atoms with Crippen LogP contribution in [0.25, 0.3) is 10.8 Å². The van der Waals surface area contributed by atoms with Gasteiger partial charge in [-0.2, -0.15) is 0 Å². The van der Waals surface area contributed by atoms with Gasteiger partial charge < -0.3 is 5.32 Å². The summed E-state index contributed by atoms with van der Waals surface area (Å²) in [5.74, 6) is 0. The van der Waals surface area contributed by atoms with Crippen molar-refractivity contribution in [1.29, 1.82) is 0 Å². The summed E-state index contributed by atoms with van der Waals surface area (Å²) in [6.07, 6.45) is 7.32. The van der Waals surface area contributed by atoms with Gasteiger partial charge in [-0.15, -0.1) is 0 Å². The summed E-state index contributed by atoms with van der Waals surface area (Å²) in [5.41, 5.74) is 2.32. The van der Waals surface area contributed by atoms with Crippen LogP contribution in [-0.4, -0.2) is 9.97 Å². The number of hydrogen-bond acceptors (Lipinski definition) is 3. The Bertz CT molecular complexity index is 645. The van der Waals surface area contributed by atoms with E-state index in [0.29, 0.717) is 0 Å². The van der Waals surface area contributed by atoms with Crippen LogP contribution in [0, 0.1) is 0 Å². The molecule has 1 N–H and O–H groups in total. The molecular weight excluding hydrogens is 222 g/mol. The van der Waals surface area contributed by atoms with E-state index in [1.165, 1.54) is 10.9 Å². The summed E-state index contributed by atoms with van der Waals surface area (Å²) in [7, 11) is 0. The predicted molar refractivity (Wildman–Crippen MR) is 73.3 cm³/mol. The van der Waals surface area contributed by atoms with Crippen molar-refractivity contribution < 1.29 is 0 Å². The summed E-state index contributed by atoms with van der Waals surface area (Å²) < 4.78 is 0. The Labute approximate surface area is 106 Å². The first-order valence-corrected chi connectivity index (χ1v) is 5.89. The van der Waals surface area contributed by atoms with Crippen molar-refractivity contribution in [3.63, 3.8) is 0 Å². The van der Waals surface area contributed by atoms with E-state index in [9.17, 15) is 0 Å². The highest BCUT2D eigenvalue weighted by atomic mass is 14.9. The Kier molecular flexibility index (Phi) is 2.88. The molecule has 0 fully saturated rings. The molecule has 0 bridgehead atoms. The van der Waals surface area contributed by atoms with E-state index in [1.54, 1.807) is 0 Å². The van der Waals surface area contributed by atoms with Crippen molar-refractivity contribution >= 4 is 16.5 Å². The highest BCUT2D eigenvalue weighted by Gasteiger charge is 2.00. The first-order valence-electron chi connectivity index (χ1n) is 5.89. The van der Waals surface area contributed by atoms with Crippen molar-refractivity contribution in [2.24, 2.45) is 0 Å². The number of anilines is 1. The summed E-state index contributed by atoms with van der Waals surface area (Å²) in [6, 6.07) is 12.3. The van der Waals surface area contributed by atoms with E-state index in [2.05, 4.69) is 33.5 Å². The minimum Gasteiger partial charge on any atom is -0.380 e. The molecule has 0 unspecified atom stereocenters. The van der Waals surface area contributed by atoms with Crippen molar-refractivity contribution in [2.45, 2.75) is 6.54 Å². The third kappa shape index (κ3) is 2.15. The molecule has 0 saturated carbocycles. The summed E-state index contributed by atoms with van der Waals surface area (Å²) in [5, 5.41) is 5.78. The van der Waals surface area contributed by atoms with Gasteiger partial charge in [-0.05, 0) is 35.2 Å². The van der Waals surface area contributed by atoms with Crippen LogP contribution < -0.4 is 5.32 Å². The van der Waals surface area contributed by atoms with Gasteiger partial charge in [0.1, 0.15) is 0 Å². The lowest BCUT2D eigenvalue weighted by Gasteiger charge is -2.09. The zero-order valence-corrected chi connectivity index (χ0v) is 9.88. The lowest BCUT2D eigenvalue weighted by atomic mass is 10.1. The van der Waals surface area contributed by atoms with Gasteiger partial charge in [-0.25, -0.2) is 0 Å². The van der Waals surface area contributed by atoms with Crippen molar-refractivity contribution in [2.75, 3.05) is 5.32 Å². The molecule has 3 nitrogen and oxygen atoms in total. The molecule has 0 aliphatic heterocycles. The minimum absolute atomic E-state index is 0.788. The Morgan fingerprint density at radius 3 is 2.61 bits per heavy atom. The highest BCUT2D eigenvalue weighted by Crippen LogP contribution is 2.22. The van der Waals surface area contributed by atoms with Crippen LogP contribution in [0.2, 0.25) is 0 Å². The second-order valence-electron chi connectivity index (χ2n) is 4.11. The molecule has 3 rings (SSSR count). The number of nitrogens with zero attached hydrogens (tertiary/aromatic N) is 2. The molecule has 1 aromatic carbocycles. The number of benzene rings is 1. The van der Waals surface area contributed by atoms with Crippen LogP contribution >= 0.6 is 0 Å². The molecular formula is C15H13N3. The fourth-order valence-corrected chi connectivity index (χ4v) is 1.97. The highest BCUT2D eigenvalue weighted by molar-refractivity contribution is 5.92. The normalized spacial score (nSPS) is 10.4. The smallest absolute Gasteiger partial charge is 0.0438 e. The lowest BCUT2D eigenvalue weighted by Crippen LogP contribution is -1.99. The second-order valence-corrected chi connectivity index (χ2v) is 4.11. The maximum Gasteiger partial charge on any atom is 0.0438 e. The Hall–Kier alpha value is -2.42. The summed E-state index contributed by atoms with van der Waals surface area (Å²) in [4.78, 5) is 8.19. The molecule has 0 spiro atoms. The first kappa shape index (κ1) is 10.7. The van der Waals surface area contributed by atoms with E-state index in [1.807, 2.05) is 43.0 Å². The largest absolute Gasteiger partial charge is 0.380 e. The van der Waals surface area contributed by atoms with E-state index < -0.39 is 0 Å². The molecule has 0 saturated heterocycles. The maximum atomic E-state index is 4.18. The average Bonchev–Trinajstić information content (AvgIpc) is 2.46. The number of aromatic nitrogens is 2. The molecule has 2 heterocycles. The SMILES string of the molecule is c1cc(NCc2ccncc2)c2cnccc2c1. The van der Waals surface area contributed by atoms with Gasteiger partial charge in [0.05, 0.1) is 0 Å². The van der Waals surface area contributed by atoms with Crippen molar-refractivity contribution in [3.8, 4) is 0 Å². The fourth-order valence-electron chi connectivity index (χ4n) is 1.97. The van der Waals surface area contributed by atoms with Gasteiger partial charge in [-0.3, -0.25) is 9.97 Å². The van der Waals surface area contributed by atoms with Crippen LogP contribution in [0.1, 0.15) is 5.56 Å². The molecule has 0 amide bonds. The van der Waals surface area contributed by atoms with Crippen molar-refractivity contribution in [3.05, 3.63) is 66.7 Å². The maximum absolute atomic E-state index is 4.18.